The van der Waals surface area contributed by atoms with Crippen LogP contribution in [0.15, 0.2) is 42.6 Å². The second-order valence-corrected chi connectivity index (χ2v) is 3.84. The second kappa shape index (κ2) is 5.44. The first-order valence-electron chi connectivity index (χ1n) is 5.45. The maximum Gasteiger partial charge on any atom is 0.573 e. The average Bonchev–Trinajstić information content (AvgIpc) is 2.38. The van der Waals surface area contributed by atoms with Crippen molar-refractivity contribution in [3.05, 3.63) is 48.3 Å². The Morgan fingerprint density at radius 3 is 1.95 bits per heavy atom. The molecule has 7 heteroatoms. The molecule has 0 unspecified atom stereocenters. The Balaban J connectivity index is 2.17. The van der Waals surface area contributed by atoms with Crippen molar-refractivity contribution < 1.29 is 26.7 Å². The minimum absolute atomic E-state index is 0.349. The molecule has 0 saturated heterocycles. The first-order chi connectivity index (χ1) is 9.35. The quantitative estimate of drug-likeness (QED) is 0.771. The number of aromatic nitrogens is 1. The van der Waals surface area contributed by atoms with Crippen LogP contribution in [-0.2, 0) is 0 Å². The molecule has 0 spiro atoms. The van der Waals surface area contributed by atoms with Gasteiger partial charge in [0.2, 0.25) is 0 Å². The van der Waals surface area contributed by atoms with E-state index in [1.807, 2.05) is 0 Å². The van der Waals surface area contributed by atoms with Gasteiger partial charge in [-0.3, -0.25) is 4.98 Å². The molecule has 0 aliphatic heterocycles. The molecule has 0 atom stereocenters. The van der Waals surface area contributed by atoms with Crippen LogP contribution < -0.4 is 4.74 Å². The van der Waals surface area contributed by atoms with Gasteiger partial charge in [-0.05, 0) is 23.8 Å². The molecule has 0 saturated carbocycles. The predicted octanol–water partition coefficient (Wildman–Crippen LogP) is 4.58. The number of rotatable bonds is 3. The van der Waals surface area contributed by atoms with Crippen molar-refractivity contribution in [3.63, 3.8) is 0 Å². The summed E-state index contributed by atoms with van der Waals surface area (Å²) >= 11 is 0. The van der Waals surface area contributed by atoms with Gasteiger partial charge in [0, 0.05) is 11.8 Å². The Kier molecular flexibility index (Phi) is 3.87. The molecular weight excluding hydrogens is 281 g/mol. The van der Waals surface area contributed by atoms with E-state index in [4.69, 9.17) is 0 Å². The molecule has 2 nitrogen and oxygen atoms in total. The molecule has 0 radical (unpaired) electrons. The van der Waals surface area contributed by atoms with Crippen molar-refractivity contribution in [1.29, 1.82) is 0 Å². The van der Waals surface area contributed by atoms with Crippen molar-refractivity contribution in [1.82, 2.24) is 4.98 Å². The SMILES string of the molecule is FC(F)c1ccc(-c2ccc(OC(F)(F)F)cc2)cn1. The minimum atomic E-state index is -4.75. The van der Waals surface area contributed by atoms with Crippen molar-refractivity contribution >= 4 is 0 Å². The molecule has 2 rings (SSSR count). The molecule has 20 heavy (non-hydrogen) atoms. The summed E-state index contributed by atoms with van der Waals surface area (Å²) in [5.41, 5.74) is 0.714. The molecule has 0 N–H and O–H groups in total. The lowest BCUT2D eigenvalue weighted by molar-refractivity contribution is -0.274. The van der Waals surface area contributed by atoms with E-state index in [0.717, 1.165) is 12.1 Å². The number of halogens is 5. The molecular formula is C13H8F5NO. The van der Waals surface area contributed by atoms with E-state index in [0.29, 0.717) is 11.1 Å². The van der Waals surface area contributed by atoms with E-state index < -0.39 is 12.8 Å². The molecule has 0 aliphatic rings. The van der Waals surface area contributed by atoms with Crippen molar-refractivity contribution in [2.45, 2.75) is 12.8 Å². The zero-order valence-electron chi connectivity index (χ0n) is 9.86. The summed E-state index contributed by atoms with van der Waals surface area (Å²) in [7, 11) is 0. The number of nitrogens with zero attached hydrogens (tertiary/aromatic N) is 1. The summed E-state index contributed by atoms with van der Waals surface area (Å²) in [5.74, 6) is -0.349. The van der Waals surface area contributed by atoms with Gasteiger partial charge in [-0.25, -0.2) is 8.78 Å². The Bertz CT molecular complexity index is 563. The average molecular weight is 289 g/mol. The monoisotopic (exact) mass is 289 g/mol. The molecule has 2 aromatic rings. The van der Waals surface area contributed by atoms with Crippen LogP contribution >= 0.6 is 0 Å². The standard InChI is InChI=1S/C13H8F5NO/c14-12(15)11-6-3-9(7-19-11)8-1-4-10(5-2-8)20-13(16,17)18/h1-7,12H. The fourth-order valence-corrected chi connectivity index (χ4v) is 1.55. The maximum atomic E-state index is 12.3. The van der Waals surface area contributed by atoms with Crippen LogP contribution in [0, 0.1) is 0 Å². The van der Waals surface area contributed by atoms with Crippen LogP contribution in [0.2, 0.25) is 0 Å². The van der Waals surface area contributed by atoms with E-state index in [-0.39, 0.29) is 11.4 Å². The summed E-state index contributed by atoms with van der Waals surface area (Å²) in [5, 5.41) is 0. The third-order valence-corrected chi connectivity index (χ3v) is 2.43. The van der Waals surface area contributed by atoms with Crippen molar-refractivity contribution in [3.8, 4) is 16.9 Å². The third-order valence-electron chi connectivity index (χ3n) is 2.43. The zero-order valence-corrected chi connectivity index (χ0v) is 9.86. The fraction of sp³-hybridized carbons (Fsp3) is 0.154. The molecule has 0 amide bonds. The smallest absolute Gasteiger partial charge is 0.406 e. The van der Waals surface area contributed by atoms with E-state index in [1.54, 1.807) is 0 Å². The highest BCUT2D eigenvalue weighted by atomic mass is 19.4. The number of pyridine rings is 1. The van der Waals surface area contributed by atoms with E-state index in [1.165, 1.54) is 30.5 Å². The van der Waals surface area contributed by atoms with Crippen LogP contribution in [0.3, 0.4) is 0 Å². The van der Waals surface area contributed by atoms with Gasteiger partial charge in [-0.15, -0.1) is 13.2 Å². The van der Waals surface area contributed by atoms with E-state index in [9.17, 15) is 22.0 Å². The summed E-state index contributed by atoms with van der Waals surface area (Å²) < 4.78 is 64.3. The largest absolute Gasteiger partial charge is 0.573 e. The normalized spacial score (nSPS) is 11.7. The molecule has 1 aromatic heterocycles. The molecule has 106 valence electrons. The zero-order chi connectivity index (χ0) is 14.8. The van der Waals surface area contributed by atoms with Crippen LogP contribution in [-0.4, -0.2) is 11.3 Å². The number of hydrogen-bond acceptors (Lipinski definition) is 2. The van der Waals surface area contributed by atoms with Crippen LogP contribution in [0.5, 0.6) is 5.75 Å². The number of alkyl halides is 5. The second-order valence-electron chi connectivity index (χ2n) is 3.84. The maximum absolute atomic E-state index is 12.3. The molecule has 1 aromatic carbocycles. The topological polar surface area (TPSA) is 22.1 Å². The van der Waals surface area contributed by atoms with Crippen molar-refractivity contribution in [2.75, 3.05) is 0 Å². The van der Waals surface area contributed by atoms with Crippen LogP contribution in [0.25, 0.3) is 11.1 Å². The first-order valence-corrected chi connectivity index (χ1v) is 5.45. The molecule has 1 heterocycles. The van der Waals surface area contributed by atoms with Crippen molar-refractivity contribution in [2.24, 2.45) is 0 Å². The Morgan fingerprint density at radius 2 is 1.50 bits per heavy atom. The van der Waals surface area contributed by atoms with Gasteiger partial charge >= 0.3 is 6.36 Å². The summed E-state index contributed by atoms with van der Waals surface area (Å²) in [6.07, 6.45) is -6.17. The highest BCUT2D eigenvalue weighted by Gasteiger charge is 2.30. The summed E-state index contributed by atoms with van der Waals surface area (Å²) in [4.78, 5) is 3.58. The summed E-state index contributed by atoms with van der Waals surface area (Å²) in [6, 6.07) is 7.65. The Hall–Kier alpha value is -2.18. The number of benzene rings is 1. The van der Waals surface area contributed by atoms with Gasteiger partial charge in [0.15, 0.2) is 0 Å². The Labute approximate surface area is 110 Å². The molecule has 0 bridgehead atoms. The van der Waals surface area contributed by atoms with Gasteiger partial charge in [0.25, 0.3) is 6.43 Å². The highest BCUT2D eigenvalue weighted by Crippen LogP contribution is 2.27. The van der Waals surface area contributed by atoms with Gasteiger partial charge in [0.1, 0.15) is 11.4 Å². The Morgan fingerprint density at radius 1 is 0.900 bits per heavy atom. The van der Waals surface area contributed by atoms with Gasteiger partial charge in [0.05, 0.1) is 0 Å². The number of ether oxygens (including phenoxy) is 1. The lowest BCUT2D eigenvalue weighted by Gasteiger charge is -2.09. The van der Waals surface area contributed by atoms with Crippen LogP contribution in [0.1, 0.15) is 12.1 Å². The lowest BCUT2D eigenvalue weighted by Crippen LogP contribution is -2.16. The minimum Gasteiger partial charge on any atom is -0.406 e. The van der Waals surface area contributed by atoms with Gasteiger partial charge in [-0.1, -0.05) is 18.2 Å². The van der Waals surface area contributed by atoms with Gasteiger partial charge < -0.3 is 4.74 Å². The first kappa shape index (κ1) is 14.2. The number of hydrogen-bond donors (Lipinski definition) is 0. The fourth-order valence-electron chi connectivity index (χ4n) is 1.55. The van der Waals surface area contributed by atoms with E-state index >= 15 is 0 Å². The van der Waals surface area contributed by atoms with Crippen LogP contribution in [0.4, 0.5) is 22.0 Å². The third kappa shape index (κ3) is 3.66. The predicted molar refractivity (Wildman–Crippen MR) is 61.3 cm³/mol. The lowest BCUT2D eigenvalue weighted by atomic mass is 10.1. The highest BCUT2D eigenvalue weighted by molar-refractivity contribution is 5.63. The molecule has 0 fully saturated rings. The van der Waals surface area contributed by atoms with E-state index in [2.05, 4.69) is 9.72 Å². The summed E-state index contributed by atoms with van der Waals surface area (Å²) in [6.45, 7) is 0. The van der Waals surface area contributed by atoms with Gasteiger partial charge in [-0.2, -0.15) is 0 Å². The molecule has 0 aliphatic carbocycles.